The molecule has 0 radical (unpaired) electrons. The van der Waals surface area contributed by atoms with Gasteiger partial charge in [-0.3, -0.25) is 14.6 Å². The molecule has 0 atom stereocenters. The summed E-state index contributed by atoms with van der Waals surface area (Å²) in [5.74, 6) is -0.132. The Kier molecular flexibility index (Phi) is 4.09. The summed E-state index contributed by atoms with van der Waals surface area (Å²) in [4.78, 5) is 36.0. The number of benzene rings is 1. The maximum absolute atomic E-state index is 12.3. The number of carbonyl (C=O) groups excluding carboxylic acids is 2. The molecule has 1 aliphatic rings. The van der Waals surface area contributed by atoms with E-state index in [1.54, 1.807) is 21.9 Å². The van der Waals surface area contributed by atoms with Gasteiger partial charge >= 0.3 is 0 Å². The molecule has 1 saturated heterocycles. The standard InChI is InChI=1S/C16H16N4O2/c21-15(13-4-2-1-3-5-13)19-8-10-20(11-9-19)16(22)14-12-17-6-7-18-14/h1-7,12H,8-11H2. The number of hydrogen-bond donors (Lipinski definition) is 0. The fourth-order valence-electron chi connectivity index (χ4n) is 2.45. The Morgan fingerprint density at radius 3 is 2.09 bits per heavy atom. The predicted octanol–water partition coefficient (Wildman–Crippen LogP) is 1.07. The summed E-state index contributed by atoms with van der Waals surface area (Å²) in [6.07, 6.45) is 4.50. The molecule has 6 nitrogen and oxygen atoms in total. The van der Waals surface area contributed by atoms with Crippen LogP contribution in [0.2, 0.25) is 0 Å². The number of carbonyl (C=O) groups is 2. The number of hydrogen-bond acceptors (Lipinski definition) is 4. The largest absolute Gasteiger partial charge is 0.335 e. The van der Waals surface area contributed by atoms with Crippen LogP contribution in [-0.4, -0.2) is 57.8 Å². The minimum absolute atomic E-state index is 0.00667. The lowest BCUT2D eigenvalue weighted by Crippen LogP contribution is -2.50. The summed E-state index contributed by atoms with van der Waals surface area (Å²) in [7, 11) is 0. The van der Waals surface area contributed by atoms with Crippen LogP contribution in [0.1, 0.15) is 20.8 Å². The highest BCUT2D eigenvalue weighted by Crippen LogP contribution is 2.10. The van der Waals surface area contributed by atoms with Crippen LogP contribution in [0.4, 0.5) is 0 Å². The van der Waals surface area contributed by atoms with E-state index in [2.05, 4.69) is 9.97 Å². The molecule has 0 aliphatic carbocycles. The molecule has 6 heteroatoms. The second-order valence-corrected chi connectivity index (χ2v) is 5.04. The number of aromatic nitrogens is 2. The summed E-state index contributed by atoms with van der Waals surface area (Å²) in [5, 5.41) is 0. The van der Waals surface area contributed by atoms with Gasteiger partial charge in [0.05, 0.1) is 6.20 Å². The Morgan fingerprint density at radius 1 is 0.864 bits per heavy atom. The van der Waals surface area contributed by atoms with E-state index >= 15 is 0 Å². The third kappa shape index (κ3) is 2.95. The number of piperazine rings is 1. The lowest BCUT2D eigenvalue weighted by molar-refractivity contribution is 0.0532. The summed E-state index contributed by atoms with van der Waals surface area (Å²) in [5.41, 5.74) is 1.02. The highest BCUT2D eigenvalue weighted by Gasteiger charge is 2.25. The van der Waals surface area contributed by atoms with E-state index in [1.165, 1.54) is 18.6 Å². The van der Waals surface area contributed by atoms with Crippen molar-refractivity contribution in [1.29, 1.82) is 0 Å². The average Bonchev–Trinajstić information content (AvgIpc) is 2.62. The molecular weight excluding hydrogens is 280 g/mol. The molecule has 112 valence electrons. The van der Waals surface area contributed by atoms with Crippen molar-refractivity contribution in [3.8, 4) is 0 Å². The molecule has 2 aromatic rings. The molecule has 1 aliphatic heterocycles. The molecule has 22 heavy (non-hydrogen) atoms. The Labute approximate surface area is 128 Å². The maximum atomic E-state index is 12.3. The van der Waals surface area contributed by atoms with Gasteiger partial charge in [0.1, 0.15) is 5.69 Å². The molecule has 0 spiro atoms. The van der Waals surface area contributed by atoms with Crippen molar-refractivity contribution >= 4 is 11.8 Å². The highest BCUT2D eigenvalue weighted by atomic mass is 16.2. The fourth-order valence-corrected chi connectivity index (χ4v) is 2.45. The number of rotatable bonds is 2. The summed E-state index contributed by atoms with van der Waals surface area (Å²) in [6.45, 7) is 2.07. The molecule has 0 bridgehead atoms. The lowest BCUT2D eigenvalue weighted by atomic mass is 10.2. The molecule has 1 aromatic carbocycles. The van der Waals surface area contributed by atoms with Gasteiger partial charge in [-0.15, -0.1) is 0 Å². The SMILES string of the molecule is O=C(c1ccccc1)N1CCN(C(=O)c2cnccn2)CC1. The van der Waals surface area contributed by atoms with Crippen LogP contribution in [0.3, 0.4) is 0 Å². The zero-order valence-electron chi connectivity index (χ0n) is 12.1. The molecule has 2 heterocycles. The second kappa shape index (κ2) is 6.34. The van der Waals surface area contributed by atoms with Gasteiger partial charge in [0, 0.05) is 44.1 Å². The first kappa shape index (κ1) is 14.2. The predicted molar refractivity (Wildman–Crippen MR) is 80.3 cm³/mol. The quantitative estimate of drug-likeness (QED) is 0.831. The minimum atomic E-state index is -0.139. The third-order valence-corrected chi connectivity index (χ3v) is 3.66. The van der Waals surface area contributed by atoms with E-state index in [0.29, 0.717) is 37.4 Å². The lowest BCUT2D eigenvalue weighted by Gasteiger charge is -2.34. The summed E-state index contributed by atoms with van der Waals surface area (Å²) < 4.78 is 0. The molecule has 1 fully saturated rings. The minimum Gasteiger partial charge on any atom is -0.335 e. The van der Waals surface area contributed by atoms with Crippen LogP contribution >= 0.6 is 0 Å². The zero-order chi connectivity index (χ0) is 15.4. The molecule has 2 amide bonds. The average molecular weight is 296 g/mol. The van der Waals surface area contributed by atoms with Gasteiger partial charge in [0.25, 0.3) is 11.8 Å². The first-order valence-corrected chi connectivity index (χ1v) is 7.15. The summed E-state index contributed by atoms with van der Waals surface area (Å²) in [6, 6.07) is 9.19. The van der Waals surface area contributed by atoms with Crippen molar-refractivity contribution in [2.45, 2.75) is 0 Å². The van der Waals surface area contributed by atoms with Crippen LogP contribution in [0.15, 0.2) is 48.9 Å². The first-order chi connectivity index (χ1) is 10.8. The normalized spacial score (nSPS) is 14.7. The van der Waals surface area contributed by atoms with Crippen LogP contribution in [0.5, 0.6) is 0 Å². The smallest absolute Gasteiger partial charge is 0.274 e. The Balaban J connectivity index is 1.61. The van der Waals surface area contributed by atoms with Crippen molar-refractivity contribution < 1.29 is 9.59 Å². The van der Waals surface area contributed by atoms with Crippen molar-refractivity contribution in [2.75, 3.05) is 26.2 Å². The maximum Gasteiger partial charge on any atom is 0.274 e. The van der Waals surface area contributed by atoms with Crippen LogP contribution in [0.25, 0.3) is 0 Å². The molecule has 0 N–H and O–H groups in total. The van der Waals surface area contributed by atoms with Crippen LogP contribution in [-0.2, 0) is 0 Å². The highest BCUT2D eigenvalue weighted by molar-refractivity contribution is 5.95. The molecule has 0 unspecified atom stereocenters. The number of nitrogens with zero attached hydrogens (tertiary/aromatic N) is 4. The Hall–Kier alpha value is -2.76. The van der Waals surface area contributed by atoms with Crippen LogP contribution in [0, 0.1) is 0 Å². The summed E-state index contributed by atoms with van der Waals surface area (Å²) >= 11 is 0. The number of amides is 2. The monoisotopic (exact) mass is 296 g/mol. The molecule has 1 aromatic heterocycles. The molecule has 0 saturated carbocycles. The van der Waals surface area contributed by atoms with Gasteiger partial charge in [-0.2, -0.15) is 0 Å². The van der Waals surface area contributed by atoms with Gasteiger partial charge < -0.3 is 9.80 Å². The van der Waals surface area contributed by atoms with E-state index < -0.39 is 0 Å². The topological polar surface area (TPSA) is 66.4 Å². The van der Waals surface area contributed by atoms with Gasteiger partial charge in [-0.05, 0) is 12.1 Å². The van der Waals surface area contributed by atoms with Gasteiger partial charge in [-0.1, -0.05) is 18.2 Å². The van der Waals surface area contributed by atoms with Crippen molar-refractivity contribution in [3.63, 3.8) is 0 Å². The van der Waals surface area contributed by atoms with Gasteiger partial charge in [0.15, 0.2) is 0 Å². The third-order valence-electron chi connectivity index (χ3n) is 3.66. The Morgan fingerprint density at radius 2 is 1.50 bits per heavy atom. The molecular formula is C16H16N4O2. The van der Waals surface area contributed by atoms with E-state index in [9.17, 15) is 9.59 Å². The van der Waals surface area contributed by atoms with E-state index in [0.717, 1.165) is 0 Å². The van der Waals surface area contributed by atoms with Crippen molar-refractivity contribution in [1.82, 2.24) is 19.8 Å². The molecule has 3 rings (SSSR count). The Bertz CT molecular complexity index is 593. The van der Waals surface area contributed by atoms with Crippen molar-refractivity contribution in [2.24, 2.45) is 0 Å². The van der Waals surface area contributed by atoms with Gasteiger partial charge in [0.2, 0.25) is 0 Å². The van der Waals surface area contributed by atoms with Crippen molar-refractivity contribution in [3.05, 3.63) is 60.2 Å². The zero-order valence-corrected chi connectivity index (χ0v) is 12.1. The second-order valence-electron chi connectivity index (χ2n) is 5.04. The van der Waals surface area contributed by atoms with E-state index in [1.807, 2.05) is 18.2 Å². The first-order valence-electron chi connectivity index (χ1n) is 7.15. The van der Waals surface area contributed by atoms with Gasteiger partial charge in [-0.25, -0.2) is 4.98 Å². The fraction of sp³-hybridized carbons (Fsp3) is 0.250. The van der Waals surface area contributed by atoms with E-state index in [4.69, 9.17) is 0 Å². The van der Waals surface area contributed by atoms with Crippen LogP contribution < -0.4 is 0 Å². The van der Waals surface area contributed by atoms with E-state index in [-0.39, 0.29) is 11.8 Å².